The molecule has 6 nitrogen and oxygen atoms in total. The normalized spacial score (nSPS) is 15.2. The predicted octanol–water partition coefficient (Wildman–Crippen LogP) is 1.48. The molecule has 0 unspecified atom stereocenters. The van der Waals surface area contributed by atoms with E-state index in [-0.39, 0.29) is 17.4 Å². The molecule has 1 aliphatic rings. The smallest absolute Gasteiger partial charge is 0.262 e. The zero-order valence-electron chi connectivity index (χ0n) is 11.7. The van der Waals surface area contributed by atoms with Crippen LogP contribution in [0.1, 0.15) is 27.2 Å². The van der Waals surface area contributed by atoms with Gasteiger partial charge in [-0.3, -0.25) is 4.79 Å². The second kappa shape index (κ2) is 5.06. The molecule has 1 aliphatic heterocycles. The van der Waals surface area contributed by atoms with E-state index in [0.717, 1.165) is 0 Å². The van der Waals surface area contributed by atoms with Gasteiger partial charge in [0.1, 0.15) is 5.75 Å². The fourth-order valence-electron chi connectivity index (χ4n) is 1.72. The molecule has 0 saturated carbocycles. The number of nitrogens with one attached hydrogen (secondary N) is 2. The third kappa shape index (κ3) is 3.10. The van der Waals surface area contributed by atoms with Crippen LogP contribution in [0.4, 0.5) is 5.69 Å². The first-order valence-electron chi connectivity index (χ1n) is 6.34. The van der Waals surface area contributed by atoms with Crippen molar-refractivity contribution >= 4 is 21.6 Å². The van der Waals surface area contributed by atoms with Crippen LogP contribution < -0.4 is 14.8 Å². The zero-order valence-corrected chi connectivity index (χ0v) is 12.5. The maximum absolute atomic E-state index is 12.3. The van der Waals surface area contributed by atoms with Gasteiger partial charge in [0.15, 0.2) is 6.61 Å². The lowest BCUT2D eigenvalue weighted by molar-refractivity contribution is -0.118. The van der Waals surface area contributed by atoms with Crippen LogP contribution in [-0.4, -0.2) is 26.5 Å². The molecule has 2 rings (SSSR count). The summed E-state index contributed by atoms with van der Waals surface area (Å²) >= 11 is 0. The molecule has 1 aromatic carbocycles. The summed E-state index contributed by atoms with van der Waals surface area (Å²) in [4.78, 5) is 11.3. The summed E-state index contributed by atoms with van der Waals surface area (Å²) in [7, 11) is -3.62. The SMILES string of the molecule is CCC(C)(C)NS(=O)(=O)c1ccc2c(c1)OCC(=O)N2. The van der Waals surface area contributed by atoms with Crippen molar-refractivity contribution in [2.45, 2.75) is 37.6 Å². The molecule has 0 saturated heterocycles. The largest absolute Gasteiger partial charge is 0.482 e. The van der Waals surface area contributed by atoms with Gasteiger partial charge in [-0.05, 0) is 32.4 Å². The van der Waals surface area contributed by atoms with Gasteiger partial charge in [-0.1, -0.05) is 6.92 Å². The number of rotatable bonds is 4. The van der Waals surface area contributed by atoms with Crippen LogP contribution in [-0.2, 0) is 14.8 Å². The minimum absolute atomic E-state index is 0.107. The van der Waals surface area contributed by atoms with Gasteiger partial charge in [0.05, 0.1) is 10.6 Å². The molecule has 0 aromatic heterocycles. The van der Waals surface area contributed by atoms with Crippen LogP contribution in [0.3, 0.4) is 0 Å². The van der Waals surface area contributed by atoms with Gasteiger partial charge in [-0.2, -0.15) is 0 Å². The number of sulfonamides is 1. The second-order valence-corrected chi connectivity index (χ2v) is 7.02. The van der Waals surface area contributed by atoms with E-state index < -0.39 is 15.6 Å². The summed E-state index contributed by atoms with van der Waals surface area (Å²) in [6.45, 7) is 5.44. The van der Waals surface area contributed by atoms with Crippen molar-refractivity contribution in [3.05, 3.63) is 18.2 Å². The van der Waals surface area contributed by atoms with Crippen LogP contribution in [0.25, 0.3) is 0 Å². The van der Waals surface area contributed by atoms with E-state index in [1.54, 1.807) is 0 Å². The average Bonchev–Trinajstić information content (AvgIpc) is 2.37. The summed E-state index contributed by atoms with van der Waals surface area (Å²) in [5.74, 6) is 0.111. The van der Waals surface area contributed by atoms with Crippen LogP contribution >= 0.6 is 0 Å². The van der Waals surface area contributed by atoms with Crippen molar-refractivity contribution in [3.8, 4) is 5.75 Å². The zero-order chi connectivity index (χ0) is 15.0. The van der Waals surface area contributed by atoms with E-state index in [0.29, 0.717) is 17.9 Å². The standard InChI is InChI=1S/C13H18N2O4S/c1-4-13(2,3)15-20(17,18)9-5-6-10-11(7-9)19-8-12(16)14-10/h5-7,15H,4,8H2,1-3H3,(H,14,16). The number of carbonyl (C=O) groups is 1. The molecule has 0 bridgehead atoms. The Hall–Kier alpha value is -1.60. The lowest BCUT2D eigenvalue weighted by Crippen LogP contribution is -2.42. The number of anilines is 1. The lowest BCUT2D eigenvalue weighted by atomic mass is 10.0. The van der Waals surface area contributed by atoms with E-state index in [9.17, 15) is 13.2 Å². The van der Waals surface area contributed by atoms with Gasteiger partial charge >= 0.3 is 0 Å². The molecule has 20 heavy (non-hydrogen) atoms. The van der Waals surface area contributed by atoms with E-state index in [1.807, 2.05) is 20.8 Å². The summed E-state index contributed by atoms with van der Waals surface area (Å²) in [5.41, 5.74) is -0.0426. The quantitative estimate of drug-likeness (QED) is 0.882. The van der Waals surface area contributed by atoms with Gasteiger partial charge in [-0.15, -0.1) is 0 Å². The first kappa shape index (κ1) is 14.8. The van der Waals surface area contributed by atoms with Gasteiger partial charge in [0.2, 0.25) is 10.0 Å². The molecular weight excluding hydrogens is 280 g/mol. The van der Waals surface area contributed by atoms with Crippen LogP contribution in [0.2, 0.25) is 0 Å². The number of ether oxygens (including phenoxy) is 1. The lowest BCUT2D eigenvalue weighted by Gasteiger charge is -2.25. The molecule has 0 atom stereocenters. The van der Waals surface area contributed by atoms with E-state index in [2.05, 4.69) is 10.0 Å². The average molecular weight is 298 g/mol. The van der Waals surface area contributed by atoms with Crippen molar-refractivity contribution < 1.29 is 17.9 Å². The van der Waals surface area contributed by atoms with Gasteiger partial charge in [0, 0.05) is 11.6 Å². The van der Waals surface area contributed by atoms with Crippen molar-refractivity contribution in [1.29, 1.82) is 0 Å². The summed E-state index contributed by atoms with van der Waals surface area (Å²) in [6.07, 6.45) is 0.670. The third-order valence-electron chi connectivity index (χ3n) is 3.19. The molecule has 0 aliphatic carbocycles. The van der Waals surface area contributed by atoms with Crippen LogP contribution in [0, 0.1) is 0 Å². The number of benzene rings is 1. The Morgan fingerprint density at radius 3 is 2.75 bits per heavy atom. The van der Waals surface area contributed by atoms with Gasteiger partial charge < -0.3 is 10.1 Å². The maximum atomic E-state index is 12.3. The summed E-state index contributed by atoms with van der Waals surface area (Å²) in [5, 5.41) is 2.62. The number of amides is 1. The van der Waals surface area contributed by atoms with Crippen molar-refractivity contribution in [1.82, 2.24) is 4.72 Å². The maximum Gasteiger partial charge on any atom is 0.262 e. The van der Waals surface area contributed by atoms with Crippen LogP contribution in [0.5, 0.6) is 5.75 Å². The summed E-state index contributed by atoms with van der Waals surface area (Å²) in [6, 6.07) is 4.39. The topological polar surface area (TPSA) is 84.5 Å². The third-order valence-corrected chi connectivity index (χ3v) is 4.89. The highest BCUT2D eigenvalue weighted by Gasteiger charge is 2.26. The predicted molar refractivity (Wildman–Crippen MR) is 75.3 cm³/mol. The Morgan fingerprint density at radius 2 is 2.10 bits per heavy atom. The van der Waals surface area contributed by atoms with Crippen molar-refractivity contribution in [3.63, 3.8) is 0 Å². The molecule has 0 fully saturated rings. The number of fused-ring (bicyclic) bond motifs is 1. The highest BCUT2D eigenvalue weighted by molar-refractivity contribution is 7.89. The molecule has 7 heteroatoms. The molecule has 0 spiro atoms. The number of hydrogen-bond acceptors (Lipinski definition) is 4. The van der Waals surface area contributed by atoms with Gasteiger partial charge in [-0.25, -0.2) is 13.1 Å². The van der Waals surface area contributed by atoms with Gasteiger partial charge in [0.25, 0.3) is 5.91 Å². The molecular formula is C13H18N2O4S. The number of hydrogen-bond donors (Lipinski definition) is 2. The Balaban J connectivity index is 2.32. The highest BCUT2D eigenvalue weighted by atomic mass is 32.2. The minimum Gasteiger partial charge on any atom is -0.482 e. The molecule has 1 heterocycles. The number of carbonyl (C=O) groups excluding carboxylic acids is 1. The molecule has 110 valence electrons. The van der Waals surface area contributed by atoms with E-state index in [1.165, 1.54) is 18.2 Å². The Labute approximate surface area is 118 Å². The van der Waals surface area contributed by atoms with Crippen molar-refractivity contribution in [2.24, 2.45) is 0 Å². The Kier molecular flexibility index (Phi) is 3.75. The van der Waals surface area contributed by atoms with E-state index >= 15 is 0 Å². The monoisotopic (exact) mass is 298 g/mol. The first-order valence-corrected chi connectivity index (χ1v) is 7.82. The second-order valence-electron chi connectivity index (χ2n) is 5.34. The Morgan fingerprint density at radius 1 is 1.40 bits per heavy atom. The van der Waals surface area contributed by atoms with E-state index in [4.69, 9.17) is 4.74 Å². The van der Waals surface area contributed by atoms with Crippen LogP contribution in [0.15, 0.2) is 23.1 Å². The fraction of sp³-hybridized carbons (Fsp3) is 0.462. The highest BCUT2D eigenvalue weighted by Crippen LogP contribution is 2.30. The molecule has 1 aromatic rings. The molecule has 1 amide bonds. The minimum atomic E-state index is -3.62. The molecule has 2 N–H and O–H groups in total. The fourth-order valence-corrected chi connectivity index (χ4v) is 3.22. The summed E-state index contributed by atoms with van der Waals surface area (Å²) < 4.78 is 32.5. The first-order chi connectivity index (χ1) is 9.23. The van der Waals surface area contributed by atoms with Crippen molar-refractivity contribution in [2.75, 3.05) is 11.9 Å². The Bertz CT molecular complexity index is 638. The molecule has 0 radical (unpaired) electrons.